The number of carbonyl (C=O) groups is 2. The number of imidazole rings is 1. The fourth-order valence-corrected chi connectivity index (χ4v) is 3.83. The summed E-state index contributed by atoms with van der Waals surface area (Å²) >= 11 is 7.55. The smallest absolute Gasteiger partial charge is 0.244 e. The summed E-state index contributed by atoms with van der Waals surface area (Å²) in [5, 5.41) is 5.14. The van der Waals surface area contributed by atoms with Gasteiger partial charge in [0, 0.05) is 37.3 Å². The highest BCUT2D eigenvalue weighted by Crippen LogP contribution is 2.25. The third-order valence-corrected chi connectivity index (χ3v) is 5.03. The van der Waals surface area contributed by atoms with Gasteiger partial charge in [-0.2, -0.15) is 0 Å². The average molecular weight is 369 g/mol. The Morgan fingerprint density at radius 1 is 1.50 bits per heavy atom. The van der Waals surface area contributed by atoms with Crippen molar-refractivity contribution < 1.29 is 14.3 Å². The number of fused-ring (bicyclic) bond motifs is 1. The van der Waals surface area contributed by atoms with Crippen LogP contribution < -0.4 is 11.1 Å². The van der Waals surface area contributed by atoms with Gasteiger partial charge in [-0.05, 0) is 18.9 Å². The van der Waals surface area contributed by atoms with Crippen molar-refractivity contribution >= 4 is 45.8 Å². The second-order valence-corrected chi connectivity index (χ2v) is 6.93. The summed E-state index contributed by atoms with van der Waals surface area (Å²) < 4.78 is 7.12. The maximum Gasteiger partial charge on any atom is 0.244 e. The predicted octanol–water partition coefficient (Wildman–Crippen LogP) is 1.60. The molecule has 1 aliphatic heterocycles. The number of hydrogen-bond donors (Lipinski definition) is 2. The number of amides is 2. The SMILES string of the molecule is NC(=O)CC1(NC(=O)/C=C\c2c(Cl)nc3sccn23)CCOCC1. The van der Waals surface area contributed by atoms with Crippen LogP contribution in [0, 0.1) is 0 Å². The molecule has 0 spiro atoms. The van der Waals surface area contributed by atoms with Gasteiger partial charge in [0.2, 0.25) is 11.8 Å². The van der Waals surface area contributed by atoms with Gasteiger partial charge in [-0.3, -0.25) is 14.0 Å². The second kappa shape index (κ2) is 6.92. The van der Waals surface area contributed by atoms with Crippen LogP contribution >= 0.6 is 22.9 Å². The van der Waals surface area contributed by atoms with Crippen molar-refractivity contribution in [3.8, 4) is 0 Å². The third-order valence-electron chi connectivity index (χ3n) is 4.00. The number of nitrogens with two attached hydrogens (primary N) is 1. The topological polar surface area (TPSA) is 98.7 Å². The van der Waals surface area contributed by atoms with Gasteiger partial charge in [0.25, 0.3) is 0 Å². The average Bonchev–Trinajstić information content (AvgIpc) is 3.06. The highest BCUT2D eigenvalue weighted by Gasteiger charge is 2.35. The van der Waals surface area contributed by atoms with Gasteiger partial charge in [-0.25, -0.2) is 4.98 Å². The Hall–Kier alpha value is -1.90. The molecule has 0 radical (unpaired) electrons. The lowest BCUT2D eigenvalue weighted by Crippen LogP contribution is -2.53. The van der Waals surface area contributed by atoms with E-state index in [4.69, 9.17) is 22.1 Å². The quantitative estimate of drug-likeness (QED) is 0.783. The molecule has 128 valence electrons. The zero-order valence-corrected chi connectivity index (χ0v) is 14.4. The lowest BCUT2D eigenvalue weighted by molar-refractivity contribution is -0.123. The van der Waals surface area contributed by atoms with Crippen molar-refractivity contribution in [3.05, 3.63) is 28.5 Å². The van der Waals surface area contributed by atoms with Gasteiger partial charge in [0.15, 0.2) is 10.1 Å². The number of ether oxygens (including phenoxy) is 1. The Labute approximate surface area is 147 Å². The maximum atomic E-state index is 12.3. The number of hydrogen-bond acceptors (Lipinski definition) is 5. The molecule has 2 aromatic rings. The molecule has 7 nitrogen and oxygen atoms in total. The van der Waals surface area contributed by atoms with E-state index in [2.05, 4.69) is 10.3 Å². The van der Waals surface area contributed by atoms with Crippen molar-refractivity contribution in [2.24, 2.45) is 5.73 Å². The number of primary amides is 1. The third kappa shape index (κ3) is 3.61. The lowest BCUT2D eigenvalue weighted by Gasteiger charge is -2.36. The molecule has 24 heavy (non-hydrogen) atoms. The van der Waals surface area contributed by atoms with Crippen molar-refractivity contribution in [1.29, 1.82) is 0 Å². The summed E-state index contributed by atoms with van der Waals surface area (Å²) in [6.45, 7) is 0.975. The molecule has 3 heterocycles. The number of carbonyl (C=O) groups excluding carboxylic acids is 2. The minimum absolute atomic E-state index is 0.0954. The largest absolute Gasteiger partial charge is 0.381 e. The minimum Gasteiger partial charge on any atom is -0.381 e. The molecular weight excluding hydrogens is 352 g/mol. The fourth-order valence-electron chi connectivity index (χ4n) is 2.83. The molecule has 0 bridgehead atoms. The van der Waals surface area contributed by atoms with Crippen LogP contribution in [-0.4, -0.2) is 40.0 Å². The summed E-state index contributed by atoms with van der Waals surface area (Å²) in [5.41, 5.74) is 5.32. The first-order valence-corrected chi connectivity index (χ1v) is 8.72. The van der Waals surface area contributed by atoms with E-state index in [1.165, 1.54) is 17.4 Å². The molecule has 1 fully saturated rings. The van der Waals surface area contributed by atoms with Crippen LogP contribution in [-0.2, 0) is 14.3 Å². The first-order chi connectivity index (χ1) is 11.5. The highest BCUT2D eigenvalue weighted by atomic mass is 35.5. The summed E-state index contributed by atoms with van der Waals surface area (Å²) in [6.07, 6.45) is 6.05. The summed E-state index contributed by atoms with van der Waals surface area (Å²) in [4.78, 5) is 28.6. The second-order valence-electron chi connectivity index (χ2n) is 5.70. The molecule has 0 unspecified atom stereocenters. The molecule has 1 saturated heterocycles. The van der Waals surface area contributed by atoms with Gasteiger partial charge in [-0.15, -0.1) is 11.3 Å². The Bertz CT molecular complexity index is 792. The van der Waals surface area contributed by atoms with E-state index < -0.39 is 11.4 Å². The number of rotatable bonds is 5. The molecular formula is C15H17ClN4O3S. The van der Waals surface area contributed by atoms with Gasteiger partial charge < -0.3 is 15.8 Å². The lowest BCUT2D eigenvalue weighted by atomic mass is 9.86. The van der Waals surface area contributed by atoms with Gasteiger partial charge in [-0.1, -0.05) is 11.6 Å². The van der Waals surface area contributed by atoms with Gasteiger partial charge >= 0.3 is 0 Å². The predicted molar refractivity (Wildman–Crippen MR) is 91.9 cm³/mol. The van der Waals surface area contributed by atoms with Crippen molar-refractivity contribution in [2.45, 2.75) is 24.8 Å². The Balaban J connectivity index is 1.74. The minimum atomic E-state index is -0.648. The highest BCUT2D eigenvalue weighted by molar-refractivity contribution is 7.15. The van der Waals surface area contributed by atoms with Crippen LogP contribution in [0.25, 0.3) is 11.0 Å². The molecule has 0 aromatic carbocycles. The van der Waals surface area contributed by atoms with Crippen LogP contribution in [0.5, 0.6) is 0 Å². The van der Waals surface area contributed by atoms with E-state index in [0.29, 0.717) is 36.9 Å². The zero-order valence-electron chi connectivity index (χ0n) is 12.8. The molecule has 1 aliphatic rings. The Morgan fingerprint density at radius 3 is 2.96 bits per heavy atom. The molecule has 0 atom stereocenters. The standard InChI is InChI=1S/C15H17ClN4O3S/c16-13-10(20-5-8-24-14(20)18-13)1-2-12(22)19-15(9-11(17)21)3-6-23-7-4-15/h1-2,5,8H,3-4,6-7,9H2,(H2,17,21)(H,19,22)/b2-1-. The van der Waals surface area contributed by atoms with Gasteiger partial charge in [0.05, 0.1) is 11.2 Å². The number of aromatic nitrogens is 2. The first-order valence-electron chi connectivity index (χ1n) is 7.46. The van der Waals surface area contributed by atoms with E-state index in [-0.39, 0.29) is 12.3 Å². The zero-order chi connectivity index (χ0) is 17.2. The van der Waals surface area contributed by atoms with Crippen LogP contribution in [0.4, 0.5) is 0 Å². The molecule has 2 aromatic heterocycles. The number of nitrogens with zero attached hydrogens (tertiary/aromatic N) is 2. The van der Waals surface area contributed by atoms with Crippen molar-refractivity contribution in [2.75, 3.05) is 13.2 Å². The molecule has 2 amide bonds. The van der Waals surface area contributed by atoms with E-state index in [1.54, 1.807) is 6.08 Å². The van der Waals surface area contributed by atoms with Crippen LogP contribution in [0.15, 0.2) is 17.7 Å². The van der Waals surface area contributed by atoms with E-state index >= 15 is 0 Å². The van der Waals surface area contributed by atoms with Crippen LogP contribution in [0.3, 0.4) is 0 Å². The molecule has 0 aliphatic carbocycles. The Morgan fingerprint density at radius 2 is 2.25 bits per heavy atom. The van der Waals surface area contributed by atoms with Crippen molar-refractivity contribution in [1.82, 2.24) is 14.7 Å². The van der Waals surface area contributed by atoms with Crippen LogP contribution in [0.1, 0.15) is 25.0 Å². The number of thiazole rings is 1. The van der Waals surface area contributed by atoms with E-state index in [1.807, 2.05) is 16.0 Å². The normalized spacial score (nSPS) is 17.4. The van der Waals surface area contributed by atoms with Gasteiger partial charge in [0.1, 0.15) is 0 Å². The fraction of sp³-hybridized carbons (Fsp3) is 0.400. The maximum absolute atomic E-state index is 12.3. The Kier molecular flexibility index (Phi) is 4.88. The summed E-state index contributed by atoms with van der Waals surface area (Å²) in [5.74, 6) is -0.751. The monoisotopic (exact) mass is 368 g/mol. The first kappa shape index (κ1) is 16.9. The molecule has 9 heteroatoms. The van der Waals surface area contributed by atoms with E-state index in [0.717, 1.165) is 4.96 Å². The number of nitrogens with one attached hydrogen (secondary N) is 1. The van der Waals surface area contributed by atoms with Crippen LogP contribution in [0.2, 0.25) is 5.15 Å². The summed E-state index contributed by atoms with van der Waals surface area (Å²) in [7, 11) is 0. The molecule has 3 rings (SSSR count). The van der Waals surface area contributed by atoms with Crippen molar-refractivity contribution in [3.63, 3.8) is 0 Å². The molecule has 0 saturated carbocycles. The summed E-state index contributed by atoms with van der Waals surface area (Å²) in [6, 6.07) is 0. The molecule has 3 N–H and O–H groups in total. The number of halogens is 1. The van der Waals surface area contributed by atoms with E-state index in [9.17, 15) is 9.59 Å².